The fourth-order valence-electron chi connectivity index (χ4n) is 5.26. The second-order valence-corrected chi connectivity index (χ2v) is 9.69. The number of carbonyl (C=O) groups is 2. The van der Waals surface area contributed by atoms with Crippen molar-refractivity contribution in [3.8, 4) is 0 Å². The topological polar surface area (TPSA) is 212 Å². The number of aromatic amines is 1. The monoisotopic (exact) mass is 556 g/mol. The molecule has 0 radical (unpaired) electrons. The van der Waals surface area contributed by atoms with Crippen molar-refractivity contribution in [3.05, 3.63) is 66.2 Å². The van der Waals surface area contributed by atoms with Crippen LogP contribution in [0.4, 0.5) is 0 Å². The first-order valence-electron chi connectivity index (χ1n) is 12.5. The van der Waals surface area contributed by atoms with Gasteiger partial charge in [0.25, 0.3) is 0 Å². The number of aliphatic hydroxyl groups excluding tert-OH is 4. The average Bonchev–Trinajstić information content (AvgIpc) is 3.32. The van der Waals surface area contributed by atoms with E-state index in [1.165, 1.54) is 12.1 Å². The van der Waals surface area contributed by atoms with Crippen LogP contribution in [0.3, 0.4) is 0 Å². The van der Waals surface area contributed by atoms with Gasteiger partial charge in [-0.25, -0.2) is 14.6 Å². The number of carboxylic acids is 2. The van der Waals surface area contributed by atoms with Gasteiger partial charge in [0.1, 0.15) is 30.1 Å². The minimum atomic E-state index is -1.71. The number of nitrogens with zero attached hydrogens (tertiary/aromatic N) is 1. The van der Waals surface area contributed by atoms with Gasteiger partial charge in [-0.3, -0.25) is 0 Å². The summed E-state index contributed by atoms with van der Waals surface area (Å²) in [5, 5.41) is 61.1. The lowest BCUT2D eigenvalue weighted by atomic mass is 9.80. The van der Waals surface area contributed by atoms with Gasteiger partial charge in [0.05, 0.1) is 29.7 Å². The van der Waals surface area contributed by atoms with Crippen molar-refractivity contribution in [2.24, 2.45) is 11.8 Å². The number of nitrogens with one attached hydrogen (secondary N) is 1. The van der Waals surface area contributed by atoms with E-state index in [1.54, 1.807) is 0 Å². The molecule has 0 saturated carbocycles. The third-order valence-corrected chi connectivity index (χ3v) is 7.35. The summed E-state index contributed by atoms with van der Waals surface area (Å²) in [4.78, 5) is 31.7. The number of aromatic carboxylic acids is 1. The van der Waals surface area contributed by atoms with Gasteiger partial charge >= 0.3 is 11.9 Å². The molecule has 0 aliphatic carbocycles. The number of aliphatic carboxylic acids is 1. The Morgan fingerprint density at radius 2 is 1.80 bits per heavy atom. The van der Waals surface area contributed by atoms with Gasteiger partial charge in [0.2, 0.25) is 6.29 Å². The van der Waals surface area contributed by atoms with E-state index in [0.29, 0.717) is 16.6 Å². The molecule has 7 N–H and O–H groups in total. The Balaban J connectivity index is 1.52. The third kappa shape index (κ3) is 4.83. The summed E-state index contributed by atoms with van der Waals surface area (Å²) >= 11 is 0. The number of pyridine rings is 1. The molecule has 2 aliphatic rings. The van der Waals surface area contributed by atoms with Crippen LogP contribution in [0.5, 0.6) is 0 Å². The molecule has 40 heavy (non-hydrogen) atoms. The number of hydrogen-bond acceptors (Lipinski definition) is 10. The number of benzene rings is 1. The molecule has 0 spiro atoms. The predicted molar refractivity (Wildman–Crippen MR) is 137 cm³/mol. The zero-order chi connectivity index (χ0) is 28.7. The number of para-hydroxylation sites is 1. The van der Waals surface area contributed by atoms with E-state index in [1.807, 2.05) is 24.3 Å². The second kappa shape index (κ2) is 11.0. The molecule has 8 atom stereocenters. The molecule has 2 aliphatic heterocycles. The van der Waals surface area contributed by atoms with Gasteiger partial charge in [-0.15, -0.1) is 6.58 Å². The lowest BCUT2D eigenvalue weighted by molar-refractivity contribution is -0.339. The van der Waals surface area contributed by atoms with Crippen LogP contribution in [0.25, 0.3) is 21.8 Å². The molecule has 0 unspecified atom stereocenters. The van der Waals surface area contributed by atoms with Crippen molar-refractivity contribution in [3.63, 3.8) is 0 Å². The van der Waals surface area contributed by atoms with Crippen molar-refractivity contribution in [2.45, 2.75) is 43.4 Å². The Labute approximate surface area is 226 Å². The fourth-order valence-corrected chi connectivity index (χ4v) is 5.26. The highest BCUT2D eigenvalue weighted by Gasteiger charge is 2.47. The van der Waals surface area contributed by atoms with E-state index in [4.69, 9.17) is 14.2 Å². The number of rotatable bonds is 8. The van der Waals surface area contributed by atoms with Crippen molar-refractivity contribution < 1.29 is 54.4 Å². The summed E-state index contributed by atoms with van der Waals surface area (Å²) in [7, 11) is 0. The zero-order valence-corrected chi connectivity index (χ0v) is 21.0. The van der Waals surface area contributed by atoms with Crippen molar-refractivity contribution in [1.29, 1.82) is 0 Å². The van der Waals surface area contributed by atoms with Crippen molar-refractivity contribution >= 4 is 33.7 Å². The lowest BCUT2D eigenvalue weighted by Gasteiger charge is -2.43. The minimum Gasteiger partial charge on any atom is -0.478 e. The molecule has 1 fully saturated rings. The summed E-state index contributed by atoms with van der Waals surface area (Å²) in [5.41, 5.74) is 1.21. The smallest absolute Gasteiger partial charge is 0.354 e. The highest BCUT2D eigenvalue weighted by atomic mass is 16.8. The maximum Gasteiger partial charge on any atom is 0.354 e. The molecular weight excluding hydrogens is 528 g/mol. The molecule has 13 nitrogen and oxygen atoms in total. The van der Waals surface area contributed by atoms with E-state index in [2.05, 4.69) is 16.5 Å². The van der Waals surface area contributed by atoms with E-state index in [0.717, 1.165) is 17.2 Å². The normalized spacial score (nSPS) is 30.6. The Morgan fingerprint density at radius 3 is 2.48 bits per heavy atom. The standard InChI is InChI=1S/C27H28N2O11/c1-2-11-13(7-17-20-14(8-18(28-17)25(36)37)12-5-3-4-6-16(12)29-20)15(24(34)35)10-38-26(11)40-27-23(33)22(32)21(31)19(9-30)39-27/h2-6,8,10-11,13,19,21-23,26-27,29-33H,1,7,9H2,(H,34,35)(H,36,37)/t11-,13+,19+,21+,22-,23+,26+,27-/m0/s1. The lowest BCUT2D eigenvalue weighted by Crippen LogP contribution is -2.60. The van der Waals surface area contributed by atoms with Gasteiger partial charge in [-0.05, 0) is 18.6 Å². The molecule has 3 aromatic rings. The van der Waals surface area contributed by atoms with Crippen molar-refractivity contribution in [1.82, 2.24) is 9.97 Å². The van der Waals surface area contributed by atoms with Crippen LogP contribution in [0, 0.1) is 11.8 Å². The number of hydrogen-bond donors (Lipinski definition) is 7. The Bertz CT molecular complexity index is 1480. The van der Waals surface area contributed by atoms with Crippen LogP contribution in [0.2, 0.25) is 0 Å². The van der Waals surface area contributed by atoms with Crippen molar-refractivity contribution in [2.75, 3.05) is 6.61 Å². The first-order valence-corrected chi connectivity index (χ1v) is 12.5. The van der Waals surface area contributed by atoms with E-state index in [9.17, 15) is 40.2 Å². The molecule has 1 aromatic carbocycles. The first kappa shape index (κ1) is 27.7. The number of H-pyrrole nitrogens is 1. The maximum absolute atomic E-state index is 12.2. The summed E-state index contributed by atoms with van der Waals surface area (Å²) in [5.74, 6) is -4.30. The first-order chi connectivity index (χ1) is 19.1. The Morgan fingerprint density at radius 1 is 1.05 bits per heavy atom. The van der Waals surface area contributed by atoms with Crippen LogP contribution in [-0.4, -0.2) is 96.1 Å². The molecule has 5 rings (SSSR count). The summed E-state index contributed by atoms with van der Waals surface area (Å²) in [6.45, 7) is 3.13. The highest BCUT2D eigenvalue weighted by Crippen LogP contribution is 2.38. The van der Waals surface area contributed by atoms with Gasteiger partial charge in [0.15, 0.2) is 6.29 Å². The molecular formula is C27H28N2O11. The number of carboxylic acid groups (broad SMARTS) is 2. The fraction of sp³-hybridized carbons (Fsp3) is 0.370. The third-order valence-electron chi connectivity index (χ3n) is 7.35. The average molecular weight is 557 g/mol. The van der Waals surface area contributed by atoms with Gasteiger partial charge < -0.3 is 49.8 Å². The van der Waals surface area contributed by atoms with Crippen LogP contribution in [-0.2, 0) is 25.4 Å². The van der Waals surface area contributed by atoms with E-state index >= 15 is 0 Å². The van der Waals surface area contributed by atoms with Gasteiger partial charge in [-0.2, -0.15) is 0 Å². The molecule has 1 saturated heterocycles. The largest absolute Gasteiger partial charge is 0.478 e. The van der Waals surface area contributed by atoms with Gasteiger partial charge in [-0.1, -0.05) is 24.3 Å². The summed E-state index contributed by atoms with van der Waals surface area (Å²) < 4.78 is 16.8. The van der Waals surface area contributed by atoms with E-state index in [-0.39, 0.29) is 17.7 Å². The number of fused-ring (bicyclic) bond motifs is 3. The Kier molecular flexibility index (Phi) is 7.59. The maximum atomic E-state index is 12.2. The predicted octanol–water partition coefficient (Wildman–Crippen LogP) is 0.517. The minimum absolute atomic E-state index is 0.0584. The van der Waals surface area contributed by atoms with Crippen LogP contribution < -0.4 is 0 Å². The molecule has 2 aromatic heterocycles. The quantitative estimate of drug-likeness (QED) is 0.189. The van der Waals surface area contributed by atoms with E-state index < -0.39 is 67.4 Å². The zero-order valence-electron chi connectivity index (χ0n) is 21.0. The summed E-state index contributed by atoms with van der Waals surface area (Å²) in [6, 6.07) is 8.74. The molecule has 4 heterocycles. The van der Waals surface area contributed by atoms with Crippen LogP contribution in [0.1, 0.15) is 16.2 Å². The summed E-state index contributed by atoms with van der Waals surface area (Å²) in [6.07, 6.45) is -6.71. The molecule has 13 heteroatoms. The molecule has 0 bridgehead atoms. The number of ether oxygens (including phenoxy) is 3. The molecule has 0 amide bonds. The highest BCUT2D eigenvalue weighted by molar-refractivity contribution is 6.09. The SMILES string of the molecule is C=C[C@@H]1[C@@H](O[C@@H]2O[C@H](CO)[C@@H](O)[C@H](O)[C@H]2O)OC=C(C(=O)O)[C@@H]1Cc1nc(C(=O)O)cc2c1[nH]c1ccccc12. The second-order valence-electron chi connectivity index (χ2n) is 9.69. The Hall–Kier alpha value is -3.85. The van der Waals surface area contributed by atoms with Crippen LogP contribution >= 0.6 is 0 Å². The number of aliphatic hydroxyl groups is 4. The number of aromatic nitrogens is 2. The van der Waals surface area contributed by atoms with Crippen LogP contribution in [0.15, 0.2) is 54.8 Å². The molecule has 212 valence electrons. The van der Waals surface area contributed by atoms with Gasteiger partial charge in [0, 0.05) is 28.1 Å².